The molecular weight excluding hydrogens is 296 g/mol. The largest absolute Gasteiger partial charge is 0.481 e. The Balaban J connectivity index is 1.80. The van der Waals surface area contributed by atoms with E-state index in [0.29, 0.717) is 24.5 Å². The summed E-state index contributed by atoms with van der Waals surface area (Å²) in [7, 11) is 3.34. The van der Waals surface area contributed by atoms with Gasteiger partial charge in [-0.15, -0.1) is 0 Å². The van der Waals surface area contributed by atoms with Gasteiger partial charge in [0.2, 0.25) is 5.88 Å². The molecule has 1 atom stereocenters. The number of rotatable bonds is 5. The zero-order valence-corrected chi connectivity index (χ0v) is 13.1. The van der Waals surface area contributed by atoms with Crippen molar-refractivity contribution in [3.8, 4) is 5.88 Å². The van der Waals surface area contributed by atoms with Gasteiger partial charge in [-0.3, -0.25) is 4.79 Å². The molecule has 1 aliphatic rings. The monoisotopic (exact) mass is 316 g/mol. The van der Waals surface area contributed by atoms with Crippen LogP contribution in [0.5, 0.6) is 5.88 Å². The summed E-state index contributed by atoms with van der Waals surface area (Å²) in [5.74, 6) is 0.831. The minimum Gasteiger partial charge on any atom is -0.481 e. The van der Waals surface area contributed by atoms with Crippen LogP contribution < -0.4 is 10.1 Å². The number of ether oxygens (including phenoxy) is 1. The molecule has 0 radical (unpaired) electrons. The molecule has 122 valence electrons. The standard InChI is InChI=1S/C16H20N4O3/c1-20-6-5-17-15(20)16(22)19-14(11-7-12(21)8-11)10-3-4-13(23-2)18-9-10/h3-6,9,11-12,14,21H,7-8H2,1-2H3,(H,19,22)/t11?,12?,14-/m0/s1. The molecule has 0 bridgehead atoms. The third-order valence-corrected chi connectivity index (χ3v) is 4.26. The van der Waals surface area contributed by atoms with Gasteiger partial charge < -0.3 is 19.7 Å². The number of methoxy groups -OCH3 is 1. The molecule has 0 unspecified atom stereocenters. The fraction of sp³-hybridized carbons (Fsp3) is 0.438. The third kappa shape index (κ3) is 3.19. The number of aromatic nitrogens is 3. The molecule has 1 aliphatic carbocycles. The van der Waals surface area contributed by atoms with Gasteiger partial charge in [-0.2, -0.15) is 0 Å². The molecule has 2 aromatic heterocycles. The molecule has 0 saturated heterocycles. The molecule has 0 aliphatic heterocycles. The average molecular weight is 316 g/mol. The van der Waals surface area contributed by atoms with Gasteiger partial charge >= 0.3 is 0 Å². The maximum atomic E-state index is 12.5. The molecule has 7 nitrogen and oxygen atoms in total. The Kier molecular flexibility index (Phi) is 4.29. The number of aliphatic hydroxyl groups is 1. The van der Waals surface area contributed by atoms with Gasteiger partial charge in [0.05, 0.1) is 19.3 Å². The van der Waals surface area contributed by atoms with Gasteiger partial charge in [-0.1, -0.05) is 6.07 Å². The van der Waals surface area contributed by atoms with E-state index in [2.05, 4.69) is 15.3 Å². The van der Waals surface area contributed by atoms with Crippen molar-refractivity contribution in [2.45, 2.75) is 25.0 Å². The van der Waals surface area contributed by atoms with E-state index in [1.165, 1.54) is 0 Å². The lowest BCUT2D eigenvalue weighted by Gasteiger charge is -2.38. The molecule has 2 aromatic rings. The van der Waals surface area contributed by atoms with Crippen LogP contribution in [0.15, 0.2) is 30.7 Å². The zero-order valence-electron chi connectivity index (χ0n) is 13.1. The van der Waals surface area contributed by atoms with Crippen molar-refractivity contribution in [2.75, 3.05) is 7.11 Å². The number of nitrogens with one attached hydrogen (secondary N) is 1. The summed E-state index contributed by atoms with van der Waals surface area (Å²) < 4.78 is 6.75. The molecule has 1 fully saturated rings. The fourth-order valence-corrected chi connectivity index (χ4v) is 2.86. The Labute approximate surface area is 134 Å². The molecule has 23 heavy (non-hydrogen) atoms. The summed E-state index contributed by atoms with van der Waals surface area (Å²) in [4.78, 5) is 20.7. The predicted octanol–water partition coefficient (Wildman–Crippen LogP) is 1.07. The lowest BCUT2D eigenvalue weighted by atomic mass is 9.75. The first-order valence-corrected chi connectivity index (χ1v) is 7.54. The van der Waals surface area contributed by atoms with E-state index >= 15 is 0 Å². The summed E-state index contributed by atoms with van der Waals surface area (Å²) in [5.41, 5.74) is 0.894. The number of carbonyl (C=O) groups is 1. The first-order valence-electron chi connectivity index (χ1n) is 7.54. The maximum Gasteiger partial charge on any atom is 0.287 e. The van der Waals surface area contributed by atoms with E-state index in [9.17, 15) is 9.90 Å². The van der Waals surface area contributed by atoms with E-state index in [-0.39, 0.29) is 24.0 Å². The highest BCUT2D eigenvalue weighted by atomic mass is 16.5. The van der Waals surface area contributed by atoms with Gasteiger partial charge in [-0.25, -0.2) is 9.97 Å². The van der Waals surface area contributed by atoms with Crippen LogP contribution in [-0.4, -0.2) is 38.8 Å². The number of imidazole rings is 1. The lowest BCUT2D eigenvalue weighted by Crippen LogP contribution is -2.42. The Hall–Kier alpha value is -2.41. The van der Waals surface area contributed by atoms with E-state index in [1.807, 2.05) is 6.07 Å². The van der Waals surface area contributed by atoms with Crippen LogP contribution in [0.4, 0.5) is 0 Å². The first kappa shape index (κ1) is 15.5. The number of aryl methyl sites for hydroxylation is 1. The van der Waals surface area contributed by atoms with E-state index in [4.69, 9.17) is 4.74 Å². The van der Waals surface area contributed by atoms with Crippen molar-refractivity contribution < 1.29 is 14.6 Å². The van der Waals surface area contributed by atoms with E-state index in [0.717, 1.165) is 5.56 Å². The van der Waals surface area contributed by atoms with Crippen LogP contribution >= 0.6 is 0 Å². The quantitative estimate of drug-likeness (QED) is 0.861. The minimum atomic E-state index is -0.293. The molecule has 1 amide bonds. The number of hydrogen-bond donors (Lipinski definition) is 2. The van der Waals surface area contributed by atoms with Gasteiger partial charge in [-0.05, 0) is 24.3 Å². The van der Waals surface area contributed by atoms with Crippen LogP contribution in [0.25, 0.3) is 0 Å². The summed E-state index contributed by atoms with van der Waals surface area (Å²) in [6.45, 7) is 0. The van der Waals surface area contributed by atoms with Crippen molar-refractivity contribution in [3.05, 3.63) is 42.1 Å². The highest BCUT2D eigenvalue weighted by Crippen LogP contribution is 2.38. The van der Waals surface area contributed by atoms with Crippen molar-refractivity contribution in [1.82, 2.24) is 19.9 Å². The average Bonchev–Trinajstić information content (AvgIpc) is 2.96. The van der Waals surface area contributed by atoms with Crippen LogP contribution in [0.3, 0.4) is 0 Å². The van der Waals surface area contributed by atoms with Crippen LogP contribution in [0, 0.1) is 5.92 Å². The highest BCUT2D eigenvalue weighted by molar-refractivity contribution is 5.91. The Morgan fingerprint density at radius 2 is 2.22 bits per heavy atom. The number of pyridine rings is 1. The number of aliphatic hydroxyl groups excluding tert-OH is 1. The lowest BCUT2D eigenvalue weighted by molar-refractivity contribution is 0.0233. The maximum absolute atomic E-state index is 12.5. The normalized spacial score (nSPS) is 21.3. The second kappa shape index (κ2) is 6.37. The smallest absolute Gasteiger partial charge is 0.287 e. The molecular formula is C16H20N4O3. The summed E-state index contributed by atoms with van der Waals surface area (Å²) in [6.07, 6.45) is 6.05. The molecule has 2 N–H and O–H groups in total. The number of hydrogen-bond acceptors (Lipinski definition) is 5. The third-order valence-electron chi connectivity index (χ3n) is 4.26. The molecule has 2 heterocycles. The second-order valence-electron chi connectivity index (χ2n) is 5.83. The second-order valence-corrected chi connectivity index (χ2v) is 5.83. The Morgan fingerprint density at radius 1 is 1.43 bits per heavy atom. The summed E-state index contributed by atoms with van der Waals surface area (Å²) in [5, 5.41) is 12.6. The number of amides is 1. The van der Waals surface area contributed by atoms with Gasteiger partial charge in [0, 0.05) is 31.7 Å². The first-order chi connectivity index (χ1) is 11.1. The molecule has 1 saturated carbocycles. The topological polar surface area (TPSA) is 89.3 Å². The molecule has 0 aromatic carbocycles. The zero-order chi connectivity index (χ0) is 16.4. The van der Waals surface area contributed by atoms with Crippen molar-refractivity contribution in [2.24, 2.45) is 13.0 Å². The van der Waals surface area contributed by atoms with E-state index < -0.39 is 0 Å². The molecule has 7 heteroatoms. The van der Waals surface area contributed by atoms with Gasteiger partial charge in [0.1, 0.15) is 0 Å². The van der Waals surface area contributed by atoms with Crippen molar-refractivity contribution >= 4 is 5.91 Å². The van der Waals surface area contributed by atoms with Crippen molar-refractivity contribution in [3.63, 3.8) is 0 Å². The van der Waals surface area contributed by atoms with Crippen LogP contribution in [0.2, 0.25) is 0 Å². The van der Waals surface area contributed by atoms with Gasteiger partial charge in [0.15, 0.2) is 5.82 Å². The summed E-state index contributed by atoms with van der Waals surface area (Å²) in [6, 6.07) is 3.45. The van der Waals surface area contributed by atoms with Crippen LogP contribution in [0.1, 0.15) is 35.1 Å². The van der Waals surface area contributed by atoms with Crippen LogP contribution in [-0.2, 0) is 7.05 Å². The number of carbonyl (C=O) groups excluding carboxylic acids is 1. The number of nitrogens with zero attached hydrogens (tertiary/aromatic N) is 3. The Bertz CT molecular complexity index is 677. The Morgan fingerprint density at radius 3 is 2.74 bits per heavy atom. The fourth-order valence-electron chi connectivity index (χ4n) is 2.86. The SMILES string of the molecule is COc1ccc([C@H](NC(=O)c2nccn2C)C2CC(O)C2)cn1. The molecule has 0 spiro atoms. The highest BCUT2D eigenvalue weighted by Gasteiger charge is 2.36. The van der Waals surface area contributed by atoms with Gasteiger partial charge in [0.25, 0.3) is 5.91 Å². The molecule has 3 rings (SSSR count). The minimum absolute atomic E-state index is 0.185. The van der Waals surface area contributed by atoms with E-state index in [1.54, 1.807) is 43.4 Å². The van der Waals surface area contributed by atoms with Crippen molar-refractivity contribution in [1.29, 1.82) is 0 Å². The summed E-state index contributed by atoms with van der Waals surface area (Å²) >= 11 is 0. The predicted molar refractivity (Wildman–Crippen MR) is 82.9 cm³/mol.